The number of halogens is 3. The van der Waals surface area contributed by atoms with Gasteiger partial charge in [0, 0.05) is 11.1 Å². The topological polar surface area (TPSA) is 116 Å². The van der Waals surface area contributed by atoms with E-state index in [9.17, 15) is 22.8 Å². The molecule has 2 aliphatic rings. The highest BCUT2D eigenvalue weighted by Gasteiger charge is 2.52. The van der Waals surface area contributed by atoms with Crippen LogP contribution in [-0.2, 0) is 17.5 Å². The number of hydrogen-bond donors (Lipinski definition) is 2. The molecule has 1 fully saturated rings. The van der Waals surface area contributed by atoms with Crippen molar-refractivity contribution in [3.8, 4) is 0 Å². The summed E-state index contributed by atoms with van der Waals surface area (Å²) in [6, 6.07) is 11.6. The first-order chi connectivity index (χ1) is 20.8. The zero-order valence-electron chi connectivity index (χ0n) is 25.4. The fourth-order valence-corrected chi connectivity index (χ4v) is 6.47. The van der Waals surface area contributed by atoms with Crippen molar-refractivity contribution in [1.29, 1.82) is 0 Å². The van der Waals surface area contributed by atoms with Gasteiger partial charge in [-0.15, -0.1) is 10.2 Å². The van der Waals surface area contributed by atoms with E-state index in [0.717, 1.165) is 37.0 Å². The number of carbonyl (C=O) groups excluding carboxylic acids is 2. The molecule has 0 bridgehead atoms. The largest absolute Gasteiger partial charge is 0.416 e. The van der Waals surface area contributed by atoms with Crippen LogP contribution in [0.15, 0.2) is 53.5 Å². The van der Waals surface area contributed by atoms with Crippen LogP contribution in [-0.4, -0.2) is 48.7 Å². The third kappa shape index (κ3) is 6.39. The first kappa shape index (κ1) is 31.3. The number of tetrazole rings is 1. The van der Waals surface area contributed by atoms with Crippen molar-refractivity contribution in [3.05, 3.63) is 76.6 Å². The molecular formula is C32H38F3N7O2. The third-order valence-electron chi connectivity index (χ3n) is 8.89. The van der Waals surface area contributed by atoms with Gasteiger partial charge in [-0.3, -0.25) is 14.6 Å². The van der Waals surface area contributed by atoms with E-state index in [1.165, 1.54) is 12.1 Å². The van der Waals surface area contributed by atoms with Crippen LogP contribution in [0.3, 0.4) is 0 Å². The highest BCUT2D eigenvalue weighted by molar-refractivity contribution is 6.46. The lowest BCUT2D eigenvalue weighted by Gasteiger charge is -2.47. The van der Waals surface area contributed by atoms with E-state index in [1.807, 2.05) is 24.0 Å². The van der Waals surface area contributed by atoms with Crippen molar-refractivity contribution in [2.45, 2.75) is 90.6 Å². The minimum atomic E-state index is -4.54. The molecule has 12 heteroatoms. The average Bonchev–Trinajstić information content (AvgIpc) is 3.60. The Labute approximate surface area is 254 Å². The monoisotopic (exact) mass is 609 g/mol. The van der Waals surface area contributed by atoms with Gasteiger partial charge in [0.1, 0.15) is 11.4 Å². The van der Waals surface area contributed by atoms with E-state index >= 15 is 0 Å². The molecule has 1 unspecified atom stereocenters. The SMILES string of the molecule is CCCC(c1ccc(C(=O)NCc2nn[nH]n2)cc1)N1C(=O)C(c2cccc(C(F)(F)F)c2)=NC12CCC(C(C)(C)C)CC2. The van der Waals surface area contributed by atoms with E-state index in [4.69, 9.17) is 4.99 Å². The molecule has 1 saturated carbocycles. The Morgan fingerprint density at radius 3 is 2.41 bits per heavy atom. The number of amides is 2. The molecule has 3 aromatic rings. The molecule has 234 valence electrons. The highest BCUT2D eigenvalue weighted by Crippen LogP contribution is 2.50. The minimum absolute atomic E-state index is 0.0730. The number of rotatable bonds is 8. The van der Waals surface area contributed by atoms with Crippen LogP contribution in [0.25, 0.3) is 0 Å². The van der Waals surface area contributed by atoms with Gasteiger partial charge < -0.3 is 10.2 Å². The lowest BCUT2D eigenvalue weighted by Crippen LogP contribution is -2.51. The summed E-state index contributed by atoms with van der Waals surface area (Å²) >= 11 is 0. The summed E-state index contributed by atoms with van der Waals surface area (Å²) in [5.41, 5.74) is -0.0616. The smallest absolute Gasteiger partial charge is 0.345 e. The number of alkyl halides is 3. The standard InChI is InChI=1S/C32H38F3N7O2/c1-5-7-25(20-10-12-21(13-11-20)28(43)36-19-26-38-40-41-39-26)42-29(44)27(22-8-6-9-24(18-22)32(33,34)35)37-31(42)16-14-23(15-17-31)30(2,3)4/h6,8-13,18,23,25H,5,7,14-17,19H2,1-4H3,(H,36,43)(H,38,39,40,41). The first-order valence-corrected chi connectivity index (χ1v) is 15.0. The fraction of sp³-hybridized carbons (Fsp3) is 0.500. The van der Waals surface area contributed by atoms with Gasteiger partial charge >= 0.3 is 6.18 Å². The number of hydrogen-bond acceptors (Lipinski definition) is 6. The molecule has 2 heterocycles. The zero-order chi connectivity index (χ0) is 31.7. The quantitative estimate of drug-likeness (QED) is 0.313. The number of benzene rings is 2. The number of carbonyl (C=O) groups is 2. The number of nitrogens with zero attached hydrogens (tertiary/aromatic N) is 5. The summed E-state index contributed by atoms with van der Waals surface area (Å²) in [5, 5.41) is 16.2. The molecule has 44 heavy (non-hydrogen) atoms. The molecule has 1 atom stereocenters. The molecule has 1 aromatic heterocycles. The number of aliphatic imine (C=N–C) groups is 1. The van der Waals surface area contributed by atoms with Gasteiger partial charge in [0.25, 0.3) is 11.8 Å². The number of aromatic nitrogens is 4. The molecule has 0 radical (unpaired) electrons. The van der Waals surface area contributed by atoms with Crippen LogP contribution >= 0.6 is 0 Å². The van der Waals surface area contributed by atoms with Crippen molar-refractivity contribution >= 4 is 17.5 Å². The molecule has 2 aromatic carbocycles. The summed E-state index contributed by atoms with van der Waals surface area (Å²) in [4.78, 5) is 33.9. The molecule has 9 nitrogen and oxygen atoms in total. The normalized spacial score (nSPS) is 21.4. The Morgan fingerprint density at radius 2 is 1.82 bits per heavy atom. The molecule has 1 aliphatic carbocycles. The number of H-pyrrole nitrogens is 1. The van der Waals surface area contributed by atoms with Gasteiger partial charge in [0.2, 0.25) is 0 Å². The van der Waals surface area contributed by atoms with E-state index in [0.29, 0.717) is 36.6 Å². The molecule has 5 rings (SSSR count). The van der Waals surface area contributed by atoms with Crippen LogP contribution < -0.4 is 5.32 Å². The van der Waals surface area contributed by atoms with Gasteiger partial charge in [-0.25, -0.2) is 0 Å². The molecular weight excluding hydrogens is 571 g/mol. The van der Waals surface area contributed by atoms with Crippen molar-refractivity contribution in [2.24, 2.45) is 16.3 Å². The van der Waals surface area contributed by atoms with Crippen molar-refractivity contribution < 1.29 is 22.8 Å². The Morgan fingerprint density at radius 1 is 1.11 bits per heavy atom. The number of nitrogens with one attached hydrogen (secondary N) is 2. The Bertz CT molecular complexity index is 1500. The Hall–Kier alpha value is -4.09. The van der Waals surface area contributed by atoms with E-state index < -0.39 is 17.4 Å². The van der Waals surface area contributed by atoms with Gasteiger partial charge in [-0.1, -0.05) is 63.6 Å². The molecule has 2 N–H and O–H groups in total. The van der Waals surface area contributed by atoms with Crippen molar-refractivity contribution in [2.75, 3.05) is 0 Å². The van der Waals surface area contributed by atoms with E-state index in [1.54, 1.807) is 12.1 Å². The lowest BCUT2D eigenvalue weighted by molar-refractivity contribution is -0.137. The van der Waals surface area contributed by atoms with Gasteiger partial charge in [-0.2, -0.15) is 18.4 Å². The van der Waals surface area contributed by atoms with Crippen LogP contribution in [0.2, 0.25) is 0 Å². The summed E-state index contributed by atoms with van der Waals surface area (Å²) in [5.74, 6) is 0.123. The van der Waals surface area contributed by atoms with E-state index in [2.05, 4.69) is 46.7 Å². The van der Waals surface area contributed by atoms with Crippen LogP contribution in [0.4, 0.5) is 13.2 Å². The van der Waals surface area contributed by atoms with Gasteiger partial charge in [0.05, 0.1) is 18.2 Å². The van der Waals surface area contributed by atoms with Crippen LogP contribution in [0.1, 0.15) is 105 Å². The predicted octanol–water partition coefficient (Wildman–Crippen LogP) is 6.25. The molecule has 0 saturated heterocycles. The second-order valence-electron chi connectivity index (χ2n) is 12.8. The predicted molar refractivity (Wildman–Crippen MR) is 158 cm³/mol. The van der Waals surface area contributed by atoms with Crippen molar-refractivity contribution in [1.82, 2.24) is 30.8 Å². The van der Waals surface area contributed by atoms with Gasteiger partial charge in [-0.05, 0) is 73.3 Å². The third-order valence-corrected chi connectivity index (χ3v) is 8.89. The summed E-state index contributed by atoms with van der Waals surface area (Å²) in [6.45, 7) is 8.79. The maximum absolute atomic E-state index is 14.3. The first-order valence-electron chi connectivity index (χ1n) is 15.0. The summed E-state index contributed by atoms with van der Waals surface area (Å²) in [7, 11) is 0. The maximum atomic E-state index is 14.3. The maximum Gasteiger partial charge on any atom is 0.416 e. The second kappa shape index (κ2) is 12.1. The highest BCUT2D eigenvalue weighted by atomic mass is 19.4. The minimum Gasteiger partial charge on any atom is -0.345 e. The van der Waals surface area contributed by atoms with Gasteiger partial charge in [0.15, 0.2) is 5.82 Å². The summed E-state index contributed by atoms with van der Waals surface area (Å²) < 4.78 is 40.9. The van der Waals surface area contributed by atoms with Crippen LogP contribution in [0.5, 0.6) is 0 Å². The average molecular weight is 610 g/mol. The molecule has 1 spiro atoms. The Balaban J connectivity index is 1.48. The van der Waals surface area contributed by atoms with Crippen LogP contribution in [0, 0.1) is 11.3 Å². The molecule has 2 amide bonds. The van der Waals surface area contributed by atoms with E-state index in [-0.39, 0.29) is 41.1 Å². The number of aromatic amines is 1. The second-order valence-corrected chi connectivity index (χ2v) is 12.8. The summed E-state index contributed by atoms with van der Waals surface area (Å²) in [6.07, 6.45) is -0.188. The fourth-order valence-electron chi connectivity index (χ4n) is 6.47. The van der Waals surface area contributed by atoms with Crippen molar-refractivity contribution in [3.63, 3.8) is 0 Å². The Kier molecular flexibility index (Phi) is 8.64. The lowest BCUT2D eigenvalue weighted by atomic mass is 9.69. The zero-order valence-corrected chi connectivity index (χ0v) is 25.4. The molecule has 1 aliphatic heterocycles.